The SMILES string of the molecule is C=C(N)c1cc(C)cc(CC)c1. The summed E-state index contributed by atoms with van der Waals surface area (Å²) in [5, 5.41) is 0. The molecular weight excluding hydrogens is 146 g/mol. The Kier molecular flexibility index (Phi) is 2.54. The normalized spacial score (nSPS) is 9.83. The van der Waals surface area contributed by atoms with Crippen LogP contribution in [0.2, 0.25) is 0 Å². The Morgan fingerprint density at radius 2 is 2.08 bits per heavy atom. The van der Waals surface area contributed by atoms with Crippen molar-refractivity contribution in [2.45, 2.75) is 20.3 Å². The van der Waals surface area contributed by atoms with E-state index in [0.29, 0.717) is 5.70 Å². The minimum Gasteiger partial charge on any atom is -0.399 e. The van der Waals surface area contributed by atoms with Gasteiger partial charge in [-0.2, -0.15) is 0 Å². The van der Waals surface area contributed by atoms with Gasteiger partial charge in [0.1, 0.15) is 0 Å². The van der Waals surface area contributed by atoms with E-state index in [4.69, 9.17) is 5.73 Å². The highest BCUT2D eigenvalue weighted by molar-refractivity contribution is 5.61. The smallest absolute Gasteiger partial charge is 0.0314 e. The number of rotatable bonds is 2. The van der Waals surface area contributed by atoms with Crippen molar-refractivity contribution in [3.63, 3.8) is 0 Å². The number of benzene rings is 1. The average molecular weight is 161 g/mol. The lowest BCUT2D eigenvalue weighted by molar-refractivity contribution is 1.13. The molecule has 2 N–H and O–H groups in total. The van der Waals surface area contributed by atoms with Crippen LogP contribution in [0.4, 0.5) is 0 Å². The van der Waals surface area contributed by atoms with Gasteiger partial charge in [-0.1, -0.05) is 25.1 Å². The summed E-state index contributed by atoms with van der Waals surface area (Å²) < 4.78 is 0. The highest BCUT2D eigenvalue weighted by Gasteiger charge is 1.97. The third kappa shape index (κ3) is 1.88. The van der Waals surface area contributed by atoms with E-state index < -0.39 is 0 Å². The third-order valence-corrected chi connectivity index (χ3v) is 1.92. The van der Waals surface area contributed by atoms with Crippen LogP contribution < -0.4 is 5.73 Å². The maximum absolute atomic E-state index is 5.61. The van der Waals surface area contributed by atoms with Gasteiger partial charge in [-0.15, -0.1) is 0 Å². The standard InChI is InChI=1S/C11H15N/c1-4-10-5-8(2)6-11(7-10)9(3)12/h5-7H,3-4,12H2,1-2H3. The quantitative estimate of drug-likeness (QED) is 0.708. The predicted octanol–water partition coefficient (Wildman–Crippen LogP) is 2.49. The molecule has 0 spiro atoms. The fraction of sp³-hybridized carbons (Fsp3) is 0.273. The van der Waals surface area contributed by atoms with E-state index in [1.807, 2.05) is 0 Å². The van der Waals surface area contributed by atoms with Gasteiger partial charge < -0.3 is 5.73 Å². The first kappa shape index (κ1) is 8.85. The van der Waals surface area contributed by atoms with Crippen LogP contribution in [0.15, 0.2) is 24.8 Å². The van der Waals surface area contributed by atoms with Gasteiger partial charge in [0.05, 0.1) is 0 Å². The van der Waals surface area contributed by atoms with E-state index >= 15 is 0 Å². The van der Waals surface area contributed by atoms with Crippen LogP contribution in [0.3, 0.4) is 0 Å². The van der Waals surface area contributed by atoms with Crippen LogP contribution in [0.25, 0.3) is 5.70 Å². The average Bonchev–Trinajstić information content (AvgIpc) is 2.03. The summed E-state index contributed by atoms with van der Waals surface area (Å²) in [6.45, 7) is 7.93. The Balaban J connectivity index is 3.15. The monoisotopic (exact) mass is 161 g/mol. The van der Waals surface area contributed by atoms with Crippen LogP contribution in [-0.2, 0) is 6.42 Å². The second-order valence-electron chi connectivity index (χ2n) is 3.09. The first-order valence-corrected chi connectivity index (χ1v) is 4.18. The van der Waals surface area contributed by atoms with Crippen molar-refractivity contribution in [1.29, 1.82) is 0 Å². The minimum atomic E-state index is 0.647. The van der Waals surface area contributed by atoms with Gasteiger partial charge in [0.2, 0.25) is 0 Å². The molecule has 64 valence electrons. The lowest BCUT2D eigenvalue weighted by atomic mass is 10.0. The third-order valence-electron chi connectivity index (χ3n) is 1.92. The summed E-state index contributed by atoms with van der Waals surface area (Å²) in [5.74, 6) is 0. The summed E-state index contributed by atoms with van der Waals surface area (Å²) in [6, 6.07) is 6.32. The number of nitrogens with two attached hydrogens (primary N) is 1. The Bertz CT molecular complexity index is 300. The molecule has 0 unspecified atom stereocenters. The van der Waals surface area contributed by atoms with Crippen molar-refractivity contribution in [2.75, 3.05) is 0 Å². The van der Waals surface area contributed by atoms with E-state index in [-0.39, 0.29) is 0 Å². The maximum atomic E-state index is 5.61. The molecule has 1 nitrogen and oxygen atoms in total. The number of hydrogen-bond donors (Lipinski definition) is 1. The van der Waals surface area contributed by atoms with E-state index in [9.17, 15) is 0 Å². The van der Waals surface area contributed by atoms with Crippen molar-refractivity contribution in [1.82, 2.24) is 0 Å². The Labute approximate surface area is 73.9 Å². The molecule has 0 aliphatic rings. The zero-order valence-corrected chi connectivity index (χ0v) is 7.72. The molecule has 0 saturated heterocycles. The van der Waals surface area contributed by atoms with E-state index in [1.165, 1.54) is 11.1 Å². The molecule has 0 fully saturated rings. The van der Waals surface area contributed by atoms with Gasteiger partial charge in [-0.05, 0) is 36.6 Å². The van der Waals surface area contributed by atoms with E-state index in [2.05, 4.69) is 38.6 Å². The van der Waals surface area contributed by atoms with Gasteiger partial charge >= 0.3 is 0 Å². The number of hydrogen-bond acceptors (Lipinski definition) is 1. The summed E-state index contributed by atoms with van der Waals surface area (Å²) in [7, 11) is 0. The highest BCUT2D eigenvalue weighted by Crippen LogP contribution is 2.13. The van der Waals surface area contributed by atoms with Crippen LogP contribution in [0.5, 0.6) is 0 Å². The Morgan fingerprint density at radius 1 is 1.42 bits per heavy atom. The molecule has 0 amide bonds. The summed E-state index contributed by atoms with van der Waals surface area (Å²) in [6.07, 6.45) is 1.04. The molecule has 1 aromatic rings. The number of aryl methyl sites for hydroxylation is 2. The van der Waals surface area contributed by atoms with Gasteiger partial charge in [-0.25, -0.2) is 0 Å². The molecule has 0 bridgehead atoms. The molecule has 0 saturated carbocycles. The molecule has 0 aliphatic heterocycles. The molecule has 0 aliphatic carbocycles. The second-order valence-corrected chi connectivity index (χ2v) is 3.09. The van der Waals surface area contributed by atoms with Gasteiger partial charge in [0.25, 0.3) is 0 Å². The van der Waals surface area contributed by atoms with Crippen molar-refractivity contribution in [3.8, 4) is 0 Å². The van der Waals surface area contributed by atoms with Gasteiger partial charge in [0, 0.05) is 5.70 Å². The highest BCUT2D eigenvalue weighted by atomic mass is 14.6. The molecule has 0 radical (unpaired) electrons. The van der Waals surface area contributed by atoms with Gasteiger partial charge in [0.15, 0.2) is 0 Å². The lowest BCUT2D eigenvalue weighted by Gasteiger charge is -2.04. The molecule has 0 heterocycles. The molecule has 12 heavy (non-hydrogen) atoms. The fourth-order valence-corrected chi connectivity index (χ4v) is 1.25. The van der Waals surface area contributed by atoms with Gasteiger partial charge in [-0.3, -0.25) is 0 Å². The second kappa shape index (κ2) is 3.44. The zero-order valence-electron chi connectivity index (χ0n) is 7.72. The fourth-order valence-electron chi connectivity index (χ4n) is 1.25. The Morgan fingerprint density at radius 3 is 2.58 bits per heavy atom. The molecular formula is C11H15N. The topological polar surface area (TPSA) is 26.0 Å². The largest absolute Gasteiger partial charge is 0.399 e. The van der Waals surface area contributed by atoms with Crippen LogP contribution in [0, 0.1) is 6.92 Å². The van der Waals surface area contributed by atoms with Crippen molar-refractivity contribution < 1.29 is 0 Å². The minimum absolute atomic E-state index is 0.647. The van der Waals surface area contributed by atoms with Crippen LogP contribution >= 0.6 is 0 Å². The van der Waals surface area contributed by atoms with E-state index in [1.54, 1.807) is 0 Å². The first-order chi connectivity index (χ1) is 5.63. The first-order valence-electron chi connectivity index (χ1n) is 4.18. The Hall–Kier alpha value is -1.24. The van der Waals surface area contributed by atoms with Crippen molar-refractivity contribution >= 4 is 5.70 Å². The molecule has 1 aromatic carbocycles. The summed E-state index contributed by atoms with van der Waals surface area (Å²) in [4.78, 5) is 0. The molecule has 0 aromatic heterocycles. The predicted molar refractivity (Wildman–Crippen MR) is 53.8 cm³/mol. The van der Waals surface area contributed by atoms with Crippen molar-refractivity contribution in [3.05, 3.63) is 41.5 Å². The van der Waals surface area contributed by atoms with E-state index in [0.717, 1.165) is 12.0 Å². The lowest BCUT2D eigenvalue weighted by Crippen LogP contribution is -1.95. The van der Waals surface area contributed by atoms with Crippen LogP contribution in [-0.4, -0.2) is 0 Å². The summed E-state index contributed by atoms with van der Waals surface area (Å²) in [5.41, 5.74) is 9.87. The molecule has 0 atom stereocenters. The molecule has 1 heteroatoms. The van der Waals surface area contributed by atoms with Crippen LogP contribution in [0.1, 0.15) is 23.6 Å². The summed E-state index contributed by atoms with van der Waals surface area (Å²) >= 11 is 0. The molecule has 1 rings (SSSR count). The zero-order chi connectivity index (χ0) is 9.14. The maximum Gasteiger partial charge on any atom is 0.0314 e. The van der Waals surface area contributed by atoms with Crippen molar-refractivity contribution in [2.24, 2.45) is 5.73 Å².